The Balaban J connectivity index is 2.92. The quantitative estimate of drug-likeness (QED) is 0.652. The lowest BCUT2D eigenvalue weighted by Crippen LogP contribution is -2.52. The van der Waals surface area contributed by atoms with Crippen molar-refractivity contribution in [2.75, 3.05) is 26.8 Å². The van der Waals surface area contributed by atoms with Crippen LogP contribution in [-0.2, 0) is 0 Å². The third kappa shape index (κ3) is 2.36. The van der Waals surface area contributed by atoms with Crippen LogP contribution in [0.5, 0.6) is 0 Å². The number of nitrogens with zero attached hydrogens (tertiary/aromatic N) is 2. The van der Waals surface area contributed by atoms with Crippen LogP contribution < -0.4 is 0 Å². The van der Waals surface area contributed by atoms with Gasteiger partial charge in [0.05, 0.1) is 25.7 Å². The zero-order valence-electron chi connectivity index (χ0n) is 11.7. The van der Waals surface area contributed by atoms with Gasteiger partial charge in [-0.3, -0.25) is 0 Å². The molecule has 0 spiro atoms. The van der Waals surface area contributed by atoms with Gasteiger partial charge in [-0.15, -0.1) is 0 Å². The second-order valence-electron chi connectivity index (χ2n) is 6.64. The molecule has 1 fully saturated rings. The molecule has 0 saturated carbocycles. The second kappa shape index (κ2) is 3.74. The molecule has 0 aliphatic carbocycles. The second-order valence-corrected chi connectivity index (χ2v) is 6.64. The SMILES string of the molecule is CCC(C)(C)N1C[N@+](C)(CC)CC1(C)C. The van der Waals surface area contributed by atoms with Gasteiger partial charge in [-0.2, -0.15) is 0 Å². The summed E-state index contributed by atoms with van der Waals surface area (Å²) in [6.45, 7) is 17.8. The van der Waals surface area contributed by atoms with Gasteiger partial charge in [-0.1, -0.05) is 6.92 Å². The average molecular weight is 213 g/mol. The fourth-order valence-electron chi connectivity index (χ4n) is 3.02. The minimum absolute atomic E-state index is 0.328. The van der Waals surface area contributed by atoms with Crippen LogP contribution in [0.15, 0.2) is 0 Å². The zero-order valence-corrected chi connectivity index (χ0v) is 11.7. The number of hydrogen-bond acceptors (Lipinski definition) is 1. The fraction of sp³-hybridized carbons (Fsp3) is 1.00. The van der Waals surface area contributed by atoms with E-state index in [-0.39, 0.29) is 0 Å². The summed E-state index contributed by atoms with van der Waals surface area (Å²) in [6.07, 6.45) is 1.22. The molecule has 90 valence electrons. The molecule has 0 amide bonds. The molecule has 0 bridgehead atoms. The third-order valence-electron chi connectivity index (χ3n) is 4.34. The smallest absolute Gasteiger partial charge is 0.136 e. The predicted octanol–water partition coefficient (Wildman–Crippen LogP) is 2.69. The van der Waals surface area contributed by atoms with Crippen LogP contribution in [0.3, 0.4) is 0 Å². The molecule has 0 aromatic heterocycles. The number of hydrogen-bond donors (Lipinski definition) is 0. The monoisotopic (exact) mass is 213 g/mol. The summed E-state index contributed by atoms with van der Waals surface area (Å²) in [5.41, 5.74) is 0.666. The van der Waals surface area contributed by atoms with Crippen molar-refractivity contribution in [2.24, 2.45) is 0 Å². The van der Waals surface area contributed by atoms with E-state index >= 15 is 0 Å². The molecule has 1 atom stereocenters. The van der Waals surface area contributed by atoms with Crippen LogP contribution in [0.2, 0.25) is 0 Å². The largest absolute Gasteiger partial charge is 0.312 e. The molecule has 1 saturated heterocycles. The first-order valence-electron chi connectivity index (χ1n) is 6.28. The van der Waals surface area contributed by atoms with E-state index in [4.69, 9.17) is 0 Å². The van der Waals surface area contributed by atoms with Crippen molar-refractivity contribution in [1.29, 1.82) is 0 Å². The number of quaternary nitrogens is 1. The van der Waals surface area contributed by atoms with E-state index in [2.05, 4.69) is 53.5 Å². The summed E-state index contributed by atoms with van der Waals surface area (Å²) < 4.78 is 1.19. The summed E-state index contributed by atoms with van der Waals surface area (Å²) in [7, 11) is 2.38. The lowest BCUT2D eigenvalue weighted by atomic mass is 9.93. The predicted molar refractivity (Wildman–Crippen MR) is 66.7 cm³/mol. The standard InChI is InChI=1S/C13H29N2/c1-8-12(3,4)14-11-15(7,9-2)10-13(14,5)6/h8-11H2,1-7H3/q+1/t15-/m1/s1. The van der Waals surface area contributed by atoms with Gasteiger partial charge in [0.25, 0.3) is 0 Å². The lowest BCUT2D eigenvalue weighted by Gasteiger charge is -2.40. The van der Waals surface area contributed by atoms with Crippen molar-refractivity contribution in [2.45, 2.75) is 59.0 Å². The minimum Gasteiger partial charge on any atom is -0.312 e. The van der Waals surface area contributed by atoms with Gasteiger partial charge < -0.3 is 4.48 Å². The van der Waals surface area contributed by atoms with Crippen LogP contribution in [0.25, 0.3) is 0 Å². The Morgan fingerprint density at radius 3 is 2.13 bits per heavy atom. The first-order chi connectivity index (χ1) is 6.67. The summed E-state index contributed by atoms with van der Waals surface area (Å²) in [5, 5.41) is 0. The van der Waals surface area contributed by atoms with Gasteiger partial charge >= 0.3 is 0 Å². The molecule has 0 N–H and O–H groups in total. The van der Waals surface area contributed by atoms with Crippen molar-refractivity contribution >= 4 is 0 Å². The maximum Gasteiger partial charge on any atom is 0.136 e. The number of likely N-dealkylation sites (N-methyl/N-ethyl adjacent to an activating group) is 1. The Hall–Kier alpha value is -0.0800. The molecule has 0 aromatic carbocycles. The Morgan fingerprint density at radius 1 is 1.27 bits per heavy atom. The molecule has 0 aromatic rings. The van der Waals surface area contributed by atoms with Crippen LogP contribution in [0.4, 0.5) is 0 Å². The maximum absolute atomic E-state index is 2.70. The van der Waals surface area contributed by atoms with Crippen molar-refractivity contribution in [1.82, 2.24) is 4.90 Å². The normalized spacial score (nSPS) is 32.2. The highest BCUT2D eigenvalue weighted by Gasteiger charge is 2.50. The third-order valence-corrected chi connectivity index (χ3v) is 4.34. The van der Waals surface area contributed by atoms with Gasteiger partial charge in [0.2, 0.25) is 0 Å². The van der Waals surface area contributed by atoms with Crippen LogP contribution in [0.1, 0.15) is 48.0 Å². The first-order valence-corrected chi connectivity index (χ1v) is 6.28. The summed E-state index contributed by atoms with van der Waals surface area (Å²) >= 11 is 0. The summed E-state index contributed by atoms with van der Waals surface area (Å²) in [5.74, 6) is 0. The Morgan fingerprint density at radius 2 is 1.80 bits per heavy atom. The Labute approximate surface area is 95.8 Å². The van der Waals surface area contributed by atoms with Gasteiger partial charge in [0, 0.05) is 5.54 Å². The summed E-state index contributed by atoms with van der Waals surface area (Å²) in [6, 6.07) is 0. The minimum atomic E-state index is 0.328. The van der Waals surface area contributed by atoms with Gasteiger partial charge in [-0.25, -0.2) is 4.90 Å². The van der Waals surface area contributed by atoms with E-state index in [0.717, 1.165) is 0 Å². The topological polar surface area (TPSA) is 3.24 Å². The van der Waals surface area contributed by atoms with Gasteiger partial charge in [0.1, 0.15) is 6.67 Å². The van der Waals surface area contributed by atoms with Crippen LogP contribution in [-0.4, -0.2) is 47.3 Å². The van der Waals surface area contributed by atoms with Gasteiger partial charge in [-0.05, 0) is 41.0 Å². The highest BCUT2D eigenvalue weighted by atomic mass is 15.5. The van der Waals surface area contributed by atoms with Crippen molar-refractivity contribution in [3.63, 3.8) is 0 Å². The molecule has 1 aliphatic heterocycles. The highest BCUT2D eigenvalue weighted by Crippen LogP contribution is 2.36. The molecule has 15 heavy (non-hydrogen) atoms. The van der Waals surface area contributed by atoms with E-state index < -0.39 is 0 Å². The first kappa shape index (κ1) is 13.0. The van der Waals surface area contributed by atoms with Gasteiger partial charge in [0.15, 0.2) is 0 Å². The van der Waals surface area contributed by atoms with Crippen molar-refractivity contribution in [3.05, 3.63) is 0 Å². The fourth-order valence-corrected chi connectivity index (χ4v) is 3.02. The van der Waals surface area contributed by atoms with Crippen LogP contribution in [0, 0.1) is 0 Å². The molecule has 0 radical (unpaired) electrons. The molecule has 2 heteroatoms. The Kier molecular flexibility index (Phi) is 3.24. The molecule has 1 aliphatic rings. The molecule has 0 unspecified atom stereocenters. The van der Waals surface area contributed by atoms with E-state index in [1.165, 1.54) is 30.7 Å². The lowest BCUT2D eigenvalue weighted by molar-refractivity contribution is -0.902. The maximum atomic E-state index is 2.70. The number of rotatable bonds is 3. The summed E-state index contributed by atoms with van der Waals surface area (Å²) in [4.78, 5) is 2.70. The molecule has 1 heterocycles. The molecule has 1 rings (SSSR count). The molecule has 2 nitrogen and oxygen atoms in total. The van der Waals surface area contributed by atoms with Crippen molar-refractivity contribution in [3.8, 4) is 0 Å². The zero-order chi connectivity index (χ0) is 11.9. The van der Waals surface area contributed by atoms with E-state index in [1.807, 2.05) is 0 Å². The van der Waals surface area contributed by atoms with E-state index in [1.54, 1.807) is 0 Å². The van der Waals surface area contributed by atoms with E-state index in [0.29, 0.717) is 11.1 Å². The molecular weight excluding hydrogens is 184 g/mol. The van der Waals surface area contributed by atoms with Crippen LogP contribution >= 0.6 is 0 Å². The van der Waals surface area contributed by atoms with Crippen molar-refractivity contribution < 1.29 is 4.48 Å². The van der Waals surface area contributed by atoms with E-state index in [9.17, 15) is 0 Å². The highest BCUT2D eigenvalue weighted by molar-refractivity contribution is 4.93. The molecular formula is C13H29N2+. The average Bonchev–Trinajstić information content (AvgIpc) is 2.38. The Bertz CT molecular complexity index is 233.